The van der Waals surface area contributed by atoms with E-state index in [9.17, 15) is 15.3 Å². The number of hydrogen-bond acceptors (Lipinski definition) is 7. The smallest absolute Gasteiger partial charge is 0.291 e. The lowest BCUT2D eigenvalue weighted by atomic mass is 9.82. The summed E-state index contributed by atoms with van der Waals surface area (Å²) >= 11 is 0. The minimum atomic E-state index is -0.497. The van der Waals surface area contributed by atoms with Crippen molar-refractivity contribution in [2.45, 2.75) is 84.5 Å². The van der Waals surface area contributed by atoms with Crippen LogP contribution in [0, 0.1) is 22.7 Å². The molecular formula is C30H33N7O. The third kappa shape index (κ3) is 3.79. The zero-order valence-corrected chi connectivity index (χ0v) is 22.8. The van der Waals surface area contributed by atoms with Gasteiger partial charge in [-0.05, 0) is 43.7 Å². The number of carbonyl (C=O) groups excluding carboxylic acids is 1. The summed E-state index contributed by atoms with van der Waals surface area (Å²) < 4.78 is 1.21. The molecule has 5 rings (SSSR count). The number of para-hydroxylation sites is 1. The molecule has 0 saturated heterocycles. The van der Waals surface area contributed by atoms with Crippen LogP contribution in [-0.4, -0.2) is 32.9 Å². The van der Waals surface area contributed by atoms with Crippen molar-refractivity contribution in [2.24, 2.45) is 4.99 Å². The van der Waals surface area contributed by atoms with E-state index in [1.165, 1.54) is 21.5 Å². The van der Waals surface area contributed by atoms with Gasteiger partial charge in [0.15, 0.2) is 17.3 Å². The molecule has 0 saturated carbocycles. The summed E-state index contributed by atoms with van der Waals surface area (Å²) in [5.41, 5.74) is 5.10. The Morgan fingerprint density at radius 3 is 2.74 bits per heavy atom. The minimum absolute atomic E-state index is 0.0224. The average molecular weight is 508 g/mol. The van der Waals surface area contributed by atoms with Crippen LogP contribution in [0.3, 0.4) is 0 Å². The number of hydrogen-bond donors (Lipinski definition) is 0. The number of benzene rings is 1. The van der Waals surface area contributed by atoms with E-state index in [-0.39, 0.29) is 17.2 Å². The molecule has 0 radical (unpaired) electrons. The van der Waals surface area contributed by atoms with E-state index in [2.05, 4.69) is 62.0 Å². The number of nitrogens with zero attached hydrogens (tertiary/aromatic N) is 7. The third-order valence-corrected chi connectivity index (χ3v) is 8.15. The van der Waals surface area contributed by atoms with Gasteiger partial charge in [0.05, 0.1) is 5.70 Å². The van der Waals surface area contributed by atoms with Gasteiger partial charge in [0.1, 0.15) is 23.4 Å². The van der Waals surface area contributed by atoms with Crippen LogP contribution >= 0.6 is 0 Å². The molecule has 0 amide bonds. The zero-order chi connectivity index (χ0) is 27.2. The third-order valence-electron chi connectivity index (χ3n) is 8.15. The number of unbranched alkanes of at least 4 members (excludes halogenated alkanes) is 1. The van der Waals surface area contributed by atoms with Crippen LogP contribution in [0.25, 0.3) is 0 Å². The number of aromatic nitrogens is 3. The molecular weight excluding hydrogens is 474 g/mol. The van der Waals surface area contributed by atoms with Gasteiger partial charge in [-0.3, -0.25) is 4.79 Å². The van der Waals surface area contributed by atoms with Gasteiger partial charge in [0.25, 0.3) is 5.91 Å². The van der Waals surface area contributed by atoms with Crippen LogP contribution in [0.15, 0.2) is 45.7 Å². The minimum Gasteiger partial charge on any atom is -0.341 e. The van der Waals surface area contributed by atoms with Gasteiger partial charge in [-0.25, -0.2) is 9.98 Å². The SMILES string of the molecule is CCCCC(CC)c1nc2n(n1)C(=O)C(C#N)=C(C)C2=N/C(C#N)=C1/N2CCCc3cccc(c32)C1(C)C. The number of aliphatic imine (C=N–C) groups is 1. The number of allylic oxidation sites excluding steroid dienone is 4. The molecule has 1 aromatic heterocycles. The van der Waals surface area contributed by atoms with E-state index in [0.717, 1.165) is 50.8 Å². The number of nitriles is 2. The van der Waals surface area contributed by atoms with Crippen molar-refractivity contribution < 1.29 is 4.79 Å². The van der Waals surface area contributed by atoms with Gasteiger partial charge in [-0.1, -0.05) is 58.7 Å². The molecule has 0 aliphatic carbocycles. The van der Waals surface area contributed by atoms with Gasteiger partial charge in [0, 0.05) is 29.1 Å². The fourth-order valence-electron chi connectivity index (χ4n) is 6.09. The normalized spacial score (nSPS) is 20.7. The van der Waals surface area contributed by atoms with E-state index >= 15 is 0 Å². The highest BCUT2D eigenvalue weighted by atomic mass is 16.2. The second-order valence-corrected chi connectivity index (χ2v) is 10.8. The Balaban J connectivity index is 1.71. The largest absolute Gasteiger partial charge is 0.341 e. The first-order valence-corrected chi connectivity index (χ1v) is 13.5. The summed E-state index contributed by atoms with van der Waals surface area (Å²) in [6, 6.07) is 10.8. The molecule has 2 aromatic rings. The number of anilines is 1. The lowest BCUT2D eigenvalue weighted by Crippen LogP contribution is -2.31. The summed E-state index contributed by atoms with van der Waals surface area (Å²) in [7, 11) is 0. The number of carbonyl (C=O) groups is 1. The number of fused-ring (bicyclic) bond motifs is 1. The fourth-order valence-corrected chi connectivity index (χ4v) is 6.09. The van der Waals surface area contributed by atoms with Crippen LogP contribution in [0.5, 0.6) is 0 Å². The first kappa shape index (κ1) is 25.6. The molecule has 0 N–H and O–H groups in total. The average Bonchev–Trinajstić information content (AvgIpc) is 3.44. The van der Waals surface area contributed by atoms with Crippen molar-refractivity contribution >= 4 is 17.3 Å². The predicted molar refractivity (Wildman–Crippen MR) is 146 cm³/mol. The molecule has 0 spiro atoms. The topological polar surface area (TPSA) is 111 Å². The molecule has 4 heterocycles. The second kappa shape index (κ2) is 9.68. The maximum atomic E-state index is 13.2. The Hall–Kier alpha value is -4.04. The van der Waals surface area contributed by atoms with Crippen LogP contribution in [0.4, 0.5) is 5.69 Å². The van der Waals surface area contributed by atoms with Crippen molar-refractivity contribution in [1.82, 2.24) is 14.8 Å². The van der Waals surface area contributed by atoms with Gasteiger partial charge in [-0.2, -0.15) is 15.2 Å². The molecule has 8 heteroatoms. The Labute approximate surface area is 224 Å². The van der Waals surface area contributed by atoms with Crippen molar-refractivity contribution in [3.8, 4) is 12.1 Å². The van der Waals surface area contributed by atoms with Crippen molar-refractivity contribution in [1.29, 1.82) is 10.5 Å². The van der Waals surface area contributed by atoms with Gasteiger partial charge in [0.2, 0.25) is 0 Å². The van der Waals surface area contributed by atoms with Crippen LogP contribution in [-0.2, 0) is 11.8 Å². The van der Waals surface area contributed by atoms with Gasteiger partial charge in [-0.15, -0.1) is 5.10 Å². The fraction of sp³-hybridized carbons (Fsp3) is 0.467. The summed E-state index contributed by atoms with van der Waals surface area (Å²) in [5, 5.41) is 24.8. The summed E-state index contributed by atoms with van der Waals surface area (Å²) in [5.74, 6) is 0.502. The predicted octanol–water partition coefficient (Wildman–Crippen LogP) is 5.72. The summed E-state index contributed by atoms with van der Waals surface area (Å²) in [4.78, 5) is 25.1. The summed E-state index contributed by atoms with van der Waals surface area (Å²) in [6.45, 7) is 11.0. The first-order valence-electron chi connectivity index (χ1n) is 13.5. The molecule has 38 heavy (non-hydrogen) atoms. The molecule has 1 atom stereocenters. The molecule has 0 bridgehead atoms. The highest BCUT2D eigenvalue weighted by molar-refractivity contribution is 6.21. The molecule has 1 unspecified atom stereocenters. The standard InChI is InChI=1S/C30H33N7O/c1-6-8-11-19(7-2)27-34-28-24(18(3)21(16-31)29(38)37(28)35-27)33-23(17-32)26-30(4,5)22-14-9-12-20-13-10-15-36(26)25(20)22/h9,12,14,19H,6-8,10-11,13,15H2,1-5H3/b26-23+,33-24?. The van der Waals surface area contributed by atoms with Crippen LogP contribution in [0.1, 0.15) is 100 Å². The van der Waals surface area contributed by atoms with E-state index in [1.807, 2.05) is 6.07 Å². The Bertz CT molecular complexity index is 1510. The summed E-state index contributed by atoms with van der Waals surface area (Å²) in [6.07, 6.45) is 5.87. The molecule has 3 aliphatic rings. The first-order chi connectivity index (χ1) is 18.3. The zero-order valence-electron chi connectivity index (χ0n) is 22.8. The maximum absolute atomic E-state index is 13.2. The molecule has 1 aromatic carbocycles. The van der Waals surface area contributed by atoms with Crippen LogP contribution in [0.2, 0.25) is 0 Å². The molecule has 8 nitrogen and oxygen atoms in total. The highest BCUT2D eigenvalue weighted by Crippen LogP contribution is 2.52. The molecule has 194 valence electrons. The van der Waals surface area contributed by atoms with Crippen molar-refractivity contribution in [2.75, 3.05) is 11.4 Å². The maximum Gasteiger partial charge on any atom is 0.291 e. The molecule has 3 aliphatic heterocycles. The Kier molecular flexibility index (Phi) is 6.53. The van der Waals surface area contributed by atoms with E-state index in [1.54, 1.807) is 6.92 Å². The van der Waals surface area contributed by atoms with Gasteiger partial charge < -0.3 is 4.90 Å². The van der Waals surface area contributed by atoms with E-state index in [0.29, 0.717) is 22.9 Å². The number of rotatable bonds is 6. The molecule has 0 fully saturated rings. The lowest BCUT2D eigenvalue weighted by Gasteiger charge is -2.30. The van der Waals surface area contributed by atoms with Crippen LogP contribution < -0.4 is 4.90 Å². The second-order valence-electron chi connectivity index (χ2n) is 10.8. The van der Waals surface area contributed by atoms with Gasteiger partial charge >= 0.3 is 0 Å². The number of aryl methyl sites for hydroxylation is 1. The van der Waals surface area contributed by atoms with Crippen molar-refractivity contribution in [3.63, 3.8) is 0 Å². The Morgan fingerprint density at radius 2 is 2.05 bits per heavy atom. The van der Waals surface area contributed by atoms with E-state index < -0.39 is 11.3 Å². The quantitative estimate of drug-likeness (QED) is 0.462. The Morgan fingerprint density at radius 1 is 1.26 bits per heavy atom. The van der Waals surface area contributed by atoms with Crippen molar-refractivity contribution in [3.05, 3.63) is 63.5 Å². The van der Waals surface area contributed by atoms with E-state index in [4.69, 9.17) is 9.98 Å². The monoisotopic (exact) mass is 507 g/mol. The lowest BCUT2D eigenvalue weighted by molar-refractivity contribution is 0.0941. The highest BCUT2D eigenvalue weighted by Gasteiger charge is 2.45.